The monoisotopic (exact) mass is 284 g/mol. The van der Waals surface area contributed by atoms with Gasteiger partial charge in [-0.05, 0) is 33.1 Å². The van der Waals surface area contributed by atoms with Crippen LogP contribution in [0.3, 0.4) is 0 Å². The molecule has 1 aromatic rings. The van der Waals surface area contributed by atoms with Crippen LogP contribution < -0.4 is 16.2 Å². The van der Waals surface area contributed by atoms with Gasteiger partial charge in [-0.25, -0.2) is 4.68 Å². The van der Waals surface area contributed by atoms with E-state index in [9.17, 15) is 4.79 Å². The summed E-state index contributed by atoms with van der Waals surface area (Å²) >= 11 is 6.24. The quantitative estimate of drug-likeness (QED) is 0.916. The van der Waals surface area contributed by atoms with Crippen LogP contribution in [0.1, 0.15) is 33.1 Å². The van der Waals surface area contributed by atoms with Crippen LogP contribution in [0.5, 0.6) is 0 Å². The number of hydrogen-bond acceptors (Lipinski definition) is 4. The summed E-state index contributed by atoms with van der Waals surface area (Å²) < 4.78 is 1.37. The average molecular weight is 285 g/mol. The molecule has 2 rings (SSSR count). The van der Waals surface area contributed by atoms with Gasteiger partial charge in [-0.2, -0.15) is 5.10 Å². The first kappa shape index (κ1) is 14.3. The number of nitrogens with two attached hydrogens (primary N) is 1. The predicted molar refractivity (Wildman–Crippen MR) is 77.8 cm³/mol. The zero-order chi connectivity index (χ0) is 14.0. The molecule has 2 N–H and O–H groups in total. The highest BCUT2D eigenvalue weighted by Gasteiger charge is 2.29. The number of hydrogen-bond donors (Lipinski definition) is 1. The first-order valence-electron chi connectivity index (χ1n) is 6.84. The maximum Gasteiger partial charge on any atom is 0.287 e. The first-order valence-corrected chi connectivity index (χ1v) is 7.22. The van der Waals surface area contributed by atoms with Crippen molar-refractivity contribution < 1.29 is 0 Å². The Morgan fingerprint density at radius 1 is 1.53 bits per heavy atom. The van der Waals surface area contributed by atoms with E-state index < -0.39 is 0 Å². The Kier molecular flexibility index (Phi) is 4.47. The SMILES string of the molecule is CCn1ncc(N2C(C)CCCC2CN)c(Cl)c1=O. The summed E-state index contributed by atoms with van der Waals surface area (Å²) in [5.41, 5.74) is 6.34. The molecule has 106 valence electrons. The third-order valence-corrected chi connectivity index (χ3v) is 4.20. The van der Waals surface area contributed by atoms with Crippen molar-refractivity contribution in [2.24, 2.45) is 5.73 Å². The van der Waals surface area contributed by atoms with Crippen molar-refractivity contribution >= 4 is 17.3 Å². The van der Waals surface area contributed by atoms with E-state index in [0.717, 1.165) is 24.9 Å². The molecule has 1 aliphatic rings. The van der Waals surface area contributed by atoms with Crippen molar-refractivity contribution in [3.63, 3.8) is 0 Å². The number of anilines is 1. The van der Waals surface area contributed by atoms with Crippen molar-refractivity contribution in [2.75, 3.05) is 11.4 Å². The molecule has 0 amide bonds. The van der Waals surface area contributed by atoms with E-state index in [1.54, 1.807) is 6.20 Å². The second-order valence-corrected chi connectivity index (χ2v) is 5.42. The van der Waals surface area contributed by atoms with Crippen LogP contribution in [0.25, 0.3) is 0 Å². The fourth-order valence-corrected chi connectivity index (χ4v) is 3.06. The molecule has 1 saturated heterocycles. The van der Waals surface area contributed by atoms with Gasteiger partial charge < -0.3 is 10.6 Å². The lowest BCUT2D eigenvalue weighted by atomic mass is 9.96. The minimum atomic E-state index is -0.227. The van der Waals surface area contributed by atoms with Gasteiger partial charge >= 0.3 is 0 Å². The van der Waals surface area contributed by atoms with Gasteiger partial charge in [0.25, 0.3) is 5.56 Å². The van der Waals surface area contributed by atoms with E-state index in [-0.39, 0.29) is 16.6 Å². The van der Waals surface area contributed by atoms with Gasteiger partial charge in [0.1, 0.15) is 5.02 Å². The summed E-state index contributed by atoms with van der Waals surface area (Å²) in [6.07, 6.45) is 4.98. The summed E-state index contributed by atoms with van der Waals surface area (Å²) in [6, 6.07) is 0.568. The van der Waals surface area contributed by atoms with Crippen molar-refractivity contribution in [3.8, 4) is 0 Å². The maximum atomic E-state index is 12.1. The van der Waals surface area contributed by atoms with E-state index in [4.69, 9.17) is 17.3 Å². The second-order valence-electron chi connectivity index (χ2n) is 5.04. The fraction of sp³-hybridized carbons (Fsp3) is 0.692. The Morgan fingerprint density at radius 2 is 2.26 bits per heavy atom. The molecule has 0 aliphatic carbocycles. The smallest absolute Gasteiger partial charge is 0.287 e. The number of halogens is 1. The highest BCUT2D eigenvalue weighted by Crippen LogP contribution is 2.31. The number of aromatic nitrogens is 2. The lowest BCUT2D eigenvalue weighted by Crippen LogP contribution is -2.49. The lowest BCUT2D eigenvalue weighted by Gasteiger charge is -2.42. The van der Waals surface area contributed by atoms with Crippen LogP contribution in [0, 0.1) is 0 Å². The summed E-state index contributed by atoms with van der Waals surface area (Å²) in [4.78, 5) is 14.2. The number of rotatable bonds is 3. The van der Waals surface area contributed by atoms with Gasteiger partial charge in [0.15, 0.2) is 0 Å². The molecule has 1 fully saturated rings. The zero-order valence-electron chi connectivity index (χ0n) is 11.5. The minimum Gasteiger partial charge on any atom is -0.362 e. The van der Waals surface area contributed by atoms with Crippen LogP contribution in [-0.4, -0.2) is 28.4 Å². The number of aryl methyl sites for hydroxylation is 1. The highest BCUT2D eigenvalue weighted by molar-refractivity contribution is 6.33. The van der Waals surface area contributed by atoms with Crippen molar-refractivity contribution in [1.29, 1.82) is 0 Å². The molecule has 19 heavy (non-hydrogen) atoms. The molecule has 1 aliphatic heterocycles. The Labute approximate surface area is 118 Å². The second kappa shape index (κ2) is 5.92. The van der Waals surface area contributed by atoms with Gasteiger partial charge in [0.05, 0.1) is 11.9 Å². The van der Waals surface area contributed by atoms with E-state index in [1.165, 1.54) is 4.68 Å². The third-order valence-electron chi connectivity index (χ3n) is 3.84. The standard InChI is InChI=1S/C13H21ClN4O/c1-3-17-13(19)12(14)11(8-16-17)18-9(2)5-4-6-10(18)7-15/h8-10H,3-7,15H2,1-2H3. The molecule has 5 nitrogen and oxygen atoms in total. The van der Waals surface area contributed by atoms with E-state index >= 15 is 0 Å². The molecule has 2 atom stereocenters. The van der Waals surface area contributed by atoms with Gasteiger partial charge in [0.2, 0.25) is 0 Å². The molecule has 0 saturated carbocycles. The number of nitrogens with zero attached hydrogens (tertiary/aromatic N) is 3. The maximum absolute atomic E-state index is 12.1. The molecule has 1 aromatic heterocycles. The predicted octanol–water partition coefficient (Wildman–Crippen LogP) is 1.62. The minimum absolute atomic E-state index is 0.227. The zero-order valence-corrected chi connectivity index (χ0v) is 12.2. The van der Waals surface area contributed by atoms with Gasteiger partial charge in [-0.1, -0.05) is 11.6 Å². The summed E-state index contributed by atoms with van der Waals surface area (Å²) in [6.45, 7) is 5.10. The topological polar surface area (TPSA) is 64.2 Å². The summed E-state index contributed by atoms with van der Waals surface area (Å²) in [7, 11) is 0. The third kappa shape index (κ3) is 2.62. The van der Waals surface area contributed by atoms with Crippen LogP contribution in [0.15, 0.2) is 11.0 Å². The van der Waals surface area contributed by atoms with Gasteiger partial charge in [0, 0.05) is 25.2 Å². The first-order chi connectivity index (χ1) is 9.10. The highest BCUT2D eigenvalue weighted by atomic mass is 35.5. The van der Waals surface area contributed by atoms with Crippen LogP contribution in [0.4, 0.5) is 5.69 Å². The van der Waals surface area contributed by atoms with Crippen molar-refractivity contribution in [2.45, 2.75) is 51.7 Å². The van der Waals surface area contributed by atoms with Crippen molar-refractivity contribution in [1.82, 2.24) is 9.78 Å². The Balaban J connectivity index is 2.44. The fourth-order valence-electron chi connectivity index (χ4n) is 2.81. The molecule has 0 spiro atoms. The van der Waals surface area contributed by atoms with E-state index in [2.05, 4.69) is 16.9 Å². The molecule has 0 aromatic carbocycles. The largest absolute Gasteiger partial charge is 0.362 e. The van der Waals surface area contributed by atoms with Crippen LogP contribution in [-0.2, 0) is 6.54 Å². The summed E-state index contributed by atoms with van der Waals surface area (Å²) in [5.74, 6) is 0. The van der Waals surface area contributed by atoms with Crippen LogP contribution in [0.2, 0.25) is 5.02 Å². The molecule has 6 heteroatoms. The molecule has 0 radical (unpaired) electrons. The number of piperidine rings is 1. The molecule has 0 bridgehead atoms. The molecule has 2 unspecified atom stereocenters. The lowest BCUT2D eigenvalue weighted by molar-refractivity contribution is 0.399. The van der Waals surface area contributed by atoms with E-state index in [1.807, 2.05) is 6.92 Å². The molecule has 2 heterocycles. The van der Waals surface area contributed by atoms with Gasteiger partial charge in [-0.3, -0.25) is 4.79 Å². The molecular formula is C13H21ClN4O. The van der Waals surface area contributed by atoms with Crippen LogP contribution >= 0.6 is 11.6 Å². The van der Waals surface area contributed by atoms with Gasteiger partial charge in [-0.15, -0.1) is 0 Å². The normalized spacial score (nSPS) is 23.7. The molecular weight excluding hydrogens is 264 g/mol. The van der Waals surface area contributed by atoms with E-state index in [0.29, 0.717) is 19.1 Å². The Hall–Kier alpha value is -1.07. The Morgan fingerprint density at radius 3 is 2.89 bits per heavy atom. The Bertz CT molecular complexity index is 502. The van der Waals surface area contributed by atoms with Crippen molar-refractivity contribution in [3.05, 3.63) is 21.6 Å². The average Bonchev–Trinajstić information content (AvgIpc) is 2.42. The summed E-state index contributed by atoms with van der Waals surface area (Å²) in [5, 5.41) is 4.43.